The first-order chi connectivity index (χ1) is 9.05. The van der Waals surface area contributed by atoms with Gasteiger partial charge in [0.15, 0.2) is 0 Å². The Morgan fingerprint density at radius 1 is 1.21 bits per heavy atom. The van der Waals surface area contributed by atoms with Crippen LogP contribution in [0.25, 0.3) is 0 Å². The zero-order chi connectivity index (χ0) is 13.7. The van der Waals surface area contributed by atoms with Crippen molar-refractivity contribution in [1.82, 2.24) is 10.2 Å². The van der Waals surface area contributed by atoms with Crippen molar-refractivity contribution >= 4 is 11.8 Å². The molecule has 4 heteroatoms. The summed E-state index contributed by atoms with van der Waals surface area (Å²) in [4.78, 5) is 26.5. The molecule has 2 saturated carbocycles. The van der Waals surface area contributed by atoms with Crippen molar-refractivity contribution in [2.45, 2.75) is 57.9 Å². The molecular formula is C15H24N2O2. The number of amides is 2. The lowest BCUT2D eigenvalue weighted by Gasteiger charge is -2.42. The number of hydrogen-bond donors (Lipinski definition) is 1. The maximum absolute atomic E-state index is 12.7. The van der Waals surface area contributed by atoms with Crippen molar-refractivity contribution in [3.05, 3.63) is 0 Å². The molecule has 0 aromatic heterocycles. The van der Waals surface area contributed by atoms with Gasteiger partial charge >= 0.3 is 0 Å². The molecular weight excluding hydrogens is 240 g/mol. The van der Waals surface area contributed by atoms with Crippen molar-refractivity contribution in [1.29, 1.82) is 0 Å². The Morgan fingerprint density at radius 3 is 2.32 bits per heavy atom. The third-order valence-corrected chi connectivity index (χ3v) is 5.46. The van der Waals surface area contributed by atoms with Crippen LogP contribution in [0.15, 0.2) is 0 Å². The second-order valence-electron chi connectivity index (χ2n) is 6.64. The van der Waals surface area contributed by atoms with Gasteiger partial charge in [-0.3, -0.25) is 9.59 Å². The average molecular weight is 264 g/mol. The first-order valence-electron chi connectivity index (χ1n) is 7.66. The molecule has 19 heavy (non-hydrogen) atoms. The molecule has 0 unspecified atom stereocenters. The summed E-state index contributed by atoms with van der Waals surface area (Å²) in [6, 6.07) is 0. The van der Waals surface area contributed by atoms with E-state index in [4.69, 9.17) is 0 Å². The molecule has 2 aliphatic carbocycles. The number of nitrogens with one attached hydrogen (secondary N) is 1. The molecule has 3 aliphatic rings. The molecule has 0 bridgehead atoms. The van der Waals surface area contributed by atoms with Crippen molar-refractivity contribution in [2.75, 3.05) is 13.1 Å². The summed E-state index contributed by atoms with van der Waals surface area (Å²) in [5, 5.41) is 2.93. The largest absolute Gasteiger partial charge is 0.340 e. The molecule has 1 N–H and O–H groups in total. The summed E-state index contributed by atoms with van der Waals surface area (Å²) in [6.07, 6.45) is 6.49. The lowest BCUT2D eigenvalue weighted by atomic mass is 9.88. The molecule has 106 valence electrons. The molecule has 1 saturated heterocycles. The molecule has 0 radical (unpaired) electrons. The molecule has 3 fully saturated rings. The zero-order valence-corrected chi connectivity index (χ0v) is 12.0. The lowest BCUT2D eigenvalue weighted by molar-refractivity contribution is -0.151. The first kappa shape index (κ1) is 12.9. The van der Waals surface area contributed by atoms with E-state index in [1.165, 1.54) is 25.7 Å². The van der Waals surface area contributed by atoms with Crippen LogP contribution in [-0.2, 0) is 9.59 Å². The van der Waals surface area contributed by atoms with E-state index in [1.54, 1.807) is 0 Å². The maximum Gasteiger partial charge on any atom is 0.248 e. The second-order valence-corrected chi connectivity index (χ2v) is 6.64. The van der Waals surface area contributed by atoms with Gasteiger partial charge < -0.3 is 10.2 Å². The summed E-state index contributed by atoms with van der Waals surface area (Å²) < 4.78 is 0. The molecule has 2 amide bonds. The van der Waals surface area contributed by atoms with Gasteiger partial charge in [-0.1, -0.05) is 13.8 Å². The van der Waals surface area contributed by atoms with E-state index >= 15 is 0 Å². The third kappa shape index (κ3) is 2.05. The number of carbonyl (C=O) groups excluding carboxylic acids is 2. The van der Waals surface area contributed by atoms with Gasteiger partial charge in [0.05, 0.1) is 6.54 Å². The molecule has 4 nitrogen and oxygen atoms in total. The standard InChI is InChI=1S/C15H24N2O2/c1-3-15(4-2)13(19)17(9-12(18)16-15)10-14(7-8-14)11-5-6-11/h11H,3-10H2,1-2H3,(H,16,18). The number of piperazine rings is 1. The molecule has 3 rings (SSSR count). The highest BCUT2D eigenvalue weighted by Gasteiger charge is 2.56. The maximum atomic E-state index is 12.7. The normalized spacial score (nSPS) is 28.2. The Bertz CT molecular complexity index is 406. The second kappa shape index (κ2) is 4.22. The Morgan fingerprint density at radius 2 is 1.84 bits per heavy atom. The number of nitrogens with zero attached hydrogens (tertiary/aromatic N) is 1. The highest BCUT2D eigenvalue weighted by Crippen LogP contribution is 2.61. The monoisotopic (exact) mass is 264 g/mol. The van der Waals surface area contributed by atoms with Gasteiger partial charge in [-0.15, -0.1) is 0 Å². The topological polar surface area (TPSA) is 49.4 Å². The Balaban J connectivity index is 1.76. The molecule has 1 heterocycles. The van der Waals surface area contributed by atoms with Gasteiger partial charge in [-0.2, -0.15) is 0 Å². The molecule has 0 aromatic carbocycles. The summed E-state index contributed by atoms with van der Waals surface area (Å²) in [5.41, 5.74) is -0.268. The molecule has 1 aliphatic heterocycles. The van der Waals surface area contributed by atoms with Crippen LogP contribution in [0.5, 0.6) is 0 Å². The van der Waals surface area contributed by atoms with Crippen LogP contribution in [0.2, 0.25) is 0 Å². The number of rotatable bonds is 5. The highest BCUT2D eigenvalue weighted by molar-refractivity contribution is 5.98. The van der Waals surface area contributed by atoms with E-state index in [0.29, 0.717) is 18.3 Å². The highest BCUT2D eigenvalue weighted by atomic mass is 16.2. The van der Waals surface area contributed by atoms with Crippen LogP contribution in [0.1, 0.15) is 52.4 Å². The van der Waals surface area contributed by atoms with E-state index in [9.17, 15) is 9.59 Å². The minimum Gasteiger partial charge on any atom is -0.340 e. The fourth-order valence-corrected chi connectivity index (χ4v) is 3.70. The Kier molecular flexibility index (Phi) is 2.88. The van der Waals surface area contributed by atoms with E-state index in [2.05, 4.69) is 5.32 Å². The minimum atomic E-state index is -0.644. The molecule has 0 spiro atoms. The fourth-order valence-electron chi connectivity index (χ4n) is 3.70. The van der Waals surface area contributed by atoms with E-state index in [1.807, 2.05) is 18.7 Å². The number of hydrogen-bond acceptors (Lipinski definition) is 2. The number of carbonyl (C=O) groups is 2. The van der Waals surface area contributed by atoms with E-state index < -0.39 is 5.54 Å². The van der Waals surface area contributed by atoms with Crippen LogP contribution < -0.4 is 5.32 Å². The lowest BCUT2D eigenvalue weighted by Crippen LogP contribution is -2.66. The van der Waals surface area contributed by atoms with Crippen molar-refractivity contribution in [3.63, 3.8) is 0 Å². The van der Waals surface area contributed by atoms with Crippen LogP contribution in [0.4, 0.5) is 0 Å². The third-order valence-electron chi connectivity index (χ3n) is 5.46. The van der Waals surface area contributed by atoms with Gasteiger partial charge in [-0.25, -0.2) is 0 Å². The molecule has 0 aromatic rings. The average Bonchev–Trinajstić information content (AvgIpc) is 3.26. The van der Waals surface area contributed by atoms with Crippen LogP contribution >= 0.6 is 0 Å². The minimum absolute atomic E-state index is 0.00916. The predicted octanol–water partition coefficient (Wildman–Crippen LogP) is 1.69. The SMILES string of the molecule is CCC1(CC)NC(=O)CN(CC2(C3CC3)CC2)C1=O. The smallest absolute Gasteiger partial charge is 0.248 e. The van der Waals surface area contributed by atoms with Crippen LogP contribution in [0.3, 0.4) is 0 Å². The van der Waals surface area contributed by atoms with Gasteiger partial charge in [0.1, 0.15) is 5.54 Å². The summed E-state index contributed by atoms with van der Waals surface area (Å²) in [6.45, 7) is 5.04. The summed E-state index contributed by atoms with van der Waals surface area (Å²) >= 11 is 0. The Labute approximate surface area is 114 Å². The van der Waals surface area contributed by atoms with E-state index in [-0.39, 0.29) is 18.4 Å². The Hall–Kier alpha value is -1.06. The fraction of sp³-hybridized carbons (Fsp3) is 0.867. The van der Waals surface area contributed by atoms with Gasteiger partial charge in [0.25, 0.3) is 0 Å². The van der Waals surface area contributed by atoms with Crippen LogP contribution in [-0.4, -0.2) is 35.3 Å². The summed E-state index contributed by atoms with van der Waals surface area (Å²) in [5.74, 6) is 0.974. The summed E-state index contributed by atoms with van der Waals surface area (Å²) in [7, 11) is 0. The van der Waals surface area contributed by atoms with Gasteiger partial charge in [0.2, 0.25) is 11.8 Å². The van der Waals surface area contributed by atoms with Gasteiger partial charge in [-0.05, 0) is 49.9 Å². The van der Waals surface area contributed by atoms with Crippen molar-refractivity contribution < 1.29 is 9.59 Å². The first-order valence-corrected chi connectivity index (χ1v) is 7.66. The van der Waals surface area contributed by atoms with E-state index in [0.717, 1.165) is 12.5 Å². The molecule has 0 atom stereocenters. The van der Waals surface area contributed by atoms with Crippen molar-refractivity contribution in [2.24, 2.45) is 11.3 Å². The predicted molar refractivity (Wildman–Crippen MR) is 72.4 cm³/mol. The van der Waals surface area contributed by atoms with Gasteiger partial charge in [0, 0.05) is 6.54 Å². The quantitative estimate of drug-likeness (QED) is 0.821. The van der Waals surface area contributed by atoms with Crippen LogP contribution in [0, 0.1) is 11.3 Å². The van der Waals surface area contributed by atoms with Crippen molar-refractivity contribution in [3.8, 4) is 0 Å². The zero-order valence-electron chi connectivity index (χ0n) is 12.0.